The number of aryl methyl sites for hydroxylation is 1. The van der Waals surface area contributed by atoms with Crippen molar-refractivity contribution in [3.63, 3.8) is 0 Å². The second kappa shape index (κ2) is 7.53. The molecule has 0 amide bonds. The monoisotopic (exact) mass is 316 g/mol. The van der Waals surface area contributed by atoms with E-state index >= 15 is 0 Å². The third-order valence-corrected chi connectivity index (χ3v) is 3.54. The van der Waals surface area contributed by atoms with Crippen LogP contribution in [0.3, 0.4) is 0 Å². The Bertz CT molecular complexity index is 433. The number of nitrogens with zero attached hydrogens (tertiary/aromatic N) is 3. The quantitative estimate of drug-likeness (QED) is 0.827. The smallest absolute Gasteiger partial charge is 0.283 e. The zero-order valence-corrected chi connectivity index (χ0v) is 12.8. The lowest BCUT2D eigenvalue weighted by atomic mass is 10.3. The molecule has 0 aliphatic carbocycles. The summed E-state index contributed by atoms with van der Waals surface area (Å²) in [5.74, 6) is 0. The van der Waals surface area contributed by atoms with Crippen molar-refractivity contribution in [2.45, 2.75) is 26.3 Å². The van der Waals surface area contributed by atoms with Crippen LogP contribution in [-0.2, 0) is 6.54 Å². The first-order chi connectivity index (χ1) is 8.61. The van der Waals surface area contributed by atoms with Crippen LogP contribution in [-0.4, -0.2) is 37.0 Å². The minimum Gasteiger partial charge on any atom is -0.371 e. The van der Waals surface area contributed by atoms with Crippen LogP contribution in [0.2, 0.25) is 0 Å². The van der Waals surface area contributed by atoms with Gasteiger partial charge in [0.1, 0.15) is 4.47 Å². The molecule has 1 rings (SSSR count). The van der Waals surface area contributed by atoms with E-state index in [2.05, 4.69) is 33.3 Å². The fraction of sp³-hybridized carbons (Fsp3) is 0.667. The summed E-state index contributed by atoms with van der Waals surface area (Å²) in [6.07, 6.45) is 3.76. The van der Waals surface area contributed by atoms with Gasteiger partial charge in [0, 0.05) is 26.7 Å². The number of anilines is 1. The highest BCUT2D eigenvalue weighted by atomic mass is 79.9. The summed E-state index contributed by atoms with van der Waals surface area (Å²) >= 11 is 3.38. The fourth-order valence-electron chi connectivity index (χ4n) is 1.59. The molecule has 0 spiro atoms. The maximum atomic E-state index is 12.1. The second-order valence-electron chi connectivity index (χ2n) is 4.25. The molecule has 5 nitrogen and oxygen atoms in total. The molecule has 0 unspecified atom stereocenters. The van der Waals surface area contributed by atoms with Crippen LogP contribution in [0, 0.1) is 0 Å². The van der Waals surface area contributed by atoms with Crippen molar-refractivity contribution < 1.29 is 0 Å². The number of nitrogens with one attached hydrogen (secondary N) is 1. The molecule has 0 aromatic carbocycles. The highest BCUT2D eigenvalue weighted by molar-refractivity contribution is 9.10. The van der Waals surface area contributed by atoms with E-state index in [-0.39, 0.29) is 5.56 Å². The second-order valence-corrected chi connectivity index (χ2v) is 5.04. The van der Waals surface area contributed by atoms with Gasteiger partial charge in [-0.1, -0.05) is 13.3 Å². The minimum absolute atomic E-state index is 0.0581. The van der Waals surface area contributed by atoms with Gasteiger partial charge in [-0.05, 0) is 29.4 Å². The van der Waals surface area contributed by atoms with E-state index in [9.17, 15) is 4.79 Å². The van der Waals surface area contributed by atoms with Gasteiger partial charge in [-0.3, -0.25) is 4.79 Å². The topological polar surface area (TPSA) is 50.2 Å². The molecule has 0 radical (unpaired) electrons. The van der Waals surface area contributed by atoms with Crippen molar-refractivity contribution in [3.05, 3.63) is 21.0 Å². The van der Waals surface area contributed by atoms with Gasteiger partial charge in [0.05, 0.1) is 11.9 Å². The summed E-state index contributed by atoms with van der Waals surface area (Å²) in [6.45, 7) is 4.46. The van der Waals surface area contributed by atoms with Crippen LogP contribution in [0.5, 0.6) is 0 Å². The van der Waals surface area contributed by atoms with Crippen molar-refractivity contribution in [3.8, 4) is 0 Å². The Morgan fingerprint density at radius 1 is 1.56 bits per heavy atom. The molecule has 1 aromatic rings. The van der Waals surface area contributed by atoms with Crippen LogP contribution in [0.25, 0.3) is 0 Å². The predicted molar refractivity (Wildman–Crippen MR) is 78.3 cm³/mol. The maximum Gasteiger partial charge on any atom is 0.283 e. The molecule has 102 valence electrons. The first-order valence-electron chi connectivity index (χ1n) is 6.23. The molecule has 1 aromatic heterocycles. The number of rotatable bonds is 7. The van der Waals surface area contributed by atoms with Gasteiger partial charge in [-0.25, -0.2) is 4.68 Å². The molecule has 0 bridgehead atoms. The third kappa shape index (κ3) is 3.81. The van der Waals surface area contributed by atoms with Crippen LogP contribution in [0.15, 0.2) is 15.5 Å². The Morgan fingerprint density at radius 3 is 2.89 bits per heavy atom. The van der Waals surface area contributed by atoms with Gasteiger partial charge in [-0.2, -0.15) is 5.10 Å². The van der Waals surface area contributed by atoms with E-state index in [4.69, 9.17) is 0 Å². The summed E-state index contributed by atoms with van der Waals surface area (Å²) in [7, 11) is 3.86. The molecule has 0 fully saturated rings. The van der Waals surface area contributed by atoms with Crippen molar-refractivity contribution >= 4 is 21.6 Å². The van der Waals surface area contributed by atoms with Gasteiger partial charge in [0.25, 0.3) is 5.56 Å². The lowest BCUT2D eigenvalue weighted by Crippen LogP contribution is -2.31. The standard InChI is InChI=1S/C12H21BrN4O/c1-4-5-7-17-12(18)11(13)10(9-15-17)16(3)8-6-14-2/h9,14H,4-8H2,1-3H3. The average molecular weight is 317 g/mol. The van der Waals surface area contributed by atoms with Gasteiger partial charge in [0.15, 0.2) is 0 Å². The van der Waals surface area contributed by atoms with Crippen molar-refractivity contribution in [1.29, 1.82) is 0 Å². The molecule has 0 atom stereocenters. The molecule has 18 heavy (non-hydrogen) atoms. The van der Waals surface area contributed by atoms with Crippen LogP contribution < -0.4 is 15.8 Å². The largest absolute Gasteiger partial charge is 0.371 e. The normalized spacial score (nSPS) is 10.7. The number of halogens is 1. The Morgan fingerprint density at radius 2 is 2.28 bits per heavy atom. The average Bonchev–Trinajstić information content (AvgIpc) is 2.37. The number of aromatic nitrogens is 2. The van der Waals surface area contributed by atoms with E-state index in [1.807, 2.05) is 19.0 Å². The van der Waals surface area contributed by atoms with Gasteiger partial charge >= 0.3 is 0 Å². The van der Waals surface area contributed by atoms with Gasteiger partial charge < -0.3 is 10.2 Å². The molecule has 1 N–H and O–H groups in total. The summed E-state index contributed by atoms with van der Waals surface area (Å²) in [4.78, 5) is 14.1. The zero-order chi connectivity index (χ0) is 13.5. The molecule has 0 saturated carbocycles. The first-order valence-corrected chi connectivity index (χ1v) is 7.02. The van der Waals surface area contributed by atoms with Gasteiger partial charge in [-0.15, -0.1) is 0 Å². The van der Waals surface area contributed by atoms with Crippen LogP contribution in [0.1, 0.15) is 19.8 Å². The van der Waals surface area contributed by atoms with Crippen molar-refractivity contribution in [2.24, 2.45) is 0 Å². The van der Waals surface area contributed by atoms with E-state index in [0.717, 1.165) is 31.6 Å². The summed E-state index contributed by atoms with van der Waals surface area (Å²) in [5.41, 5.74) is 0.778. The van der Waals surface area contributed by atoms with E-state index in [1.165, 1.54) is 4.68 Å². The number of likely N-dealkylation sites (N-methyl/N-ethyl adjacent to an activating group) is 2. The molecule has 6 heteroatoms. The molecular formula is C12H21BrN4O. The van der Waals surface area contributed by atoms with Crippen LogP contribution in [0.4, 0.5) is 5.69 Å². The highest BCUT2D eigenvalue weighted by Crippen LogP contribution is 2.19. The summed E-state index contributed by atoms with van der Waals surface area (Å²) in [6, 6.07) is 0. The minimum atomic E-state index is -0.0581. The van der Waals surface area contributed by atoms with Crippen molar-refractivity contribution in [1.82, 2.24) is 15.1 Å². The Labute approximate surface area is 116 Å². The Kier molecular flexibility index (Phi) is 6.35. The van der Waals surface area contributed by atoms with Gasteiger partial charge in [0.2, 0.25) is 0 Å². The summed E-state index contributed by atoms with van der Waals surface area (Å²) in [5, 5.41) is 7.30. The maximum absolute atomic E-state index is 12.1. The lowest BCUT2D eigenvalue weighted by molar-refractivity contribution is 0.540. The third-order valence-electron chi connectivity index (χ3n) is 2.80. The number of unbranched alkanes of at least 4 members (excludes halogenated alkanes) is 1. The number of hydrogen-bond acceptors (Lipinski definition) is 4. The molecule has 0 saturated heterocycles. The van der Waals surface area contributed by atoms with E-state index < -0.39 is 0 Å². The SMILES string of the molecule is CCCCn1ncc(N(C)CCNC)c(Br)c1=O. The first kappa shape index (κ1) is 15.2. The molecule has 0 aliphatic rings. The van der Waals surface area contributed by atoms with E-state index in [0.29, 0.717) is 11.0 Å². The van der Waals surface area contributed by atoms with E-state index in [1.54, 1.807) is 6.20 Å². The molecule has 0 aliphatic heterocycles. The number of hydrogen-bond donors (Lipinski definition) is 1. The Hall–Kier alpha value is -0.880. The molecular weight excluding hydrogens is 296 g/mol. The molecule has 1 heterocycles. The zero-order valence-electron chi connectivity index (χ0n) is 11.2. The van der Waals surface area contributed by atoms with Crippen LogP contribution >= 0.6 is 15.9 Å². The summed E-state index contributed by atoms with van der Waals surface area (Å²) < 4.78 is 2.11. The predicted octanol–water partition coefficient (Wildman–Crippen LogP) is 1.46. The van der Waals surface area contributed by atoms with Crippen molar-refractivity contribution in [2.75, 3.05) is 32.1 Å². The lowest BCUT2D eigenvalue weighted by Gasteiger charge is -2.20. The highest BCUT2D eigenvalue weighted by Gasteiger charge is 2.11. The Balaban J connectivity index is 2.89. The fourth-order valence-corrected chi connectivity index (χ4v) is 2.20.